The summed E-state index contributed by atoms with van der Waals surface area (Å²) >= 11 is 0. The molecule has 1 aromatic carbocycles. The van der Waals surface area contributed by atoms with Crippen molar-refractivity contribution in [2.45, 2.75) is 25.4 Å². The van der Waals surface area contributed by atoms with Crippen LogP contribution in [0.3, 0.4) is 0 Å². The number of hydrogen-bond acceptors (Lipinski definition) is 5. The number of amides is 1. The second-order valence-electron chi connectivity index (χ2n) is 5.69. The van der Waals surface area contributed by atoms with E-state index in [0.29, 0.717) is 0 Å². The number of aromatic nitrogens is 2. The van der Waals surface area contributed by atoms with Gasteiger partial charge >= 0.3 is 5.69 Å². The Morgan fingerprint density at radius 3 is 2.65 bits per heavy atom. The van der Waals surface area contributed by atoms with Crippen molar-refractivity contribution in [2.24, 2.45) is 5.73 Å². The molecule has 1 heterocycles. The number of carbonyl (C=O) groups excluding carboxylic acids is 1. The Labute approximate surface area is 133 Å². The highest BCUT2D eigenvalue weighted by molar-refractivity contribution is 5.83. The average Bonchev–Trinajstić information content (AvgIpc) is 3.04. The molecule has 2 rings (SSSR count). The summed E-state index contributed by atoms with van der Waals surface area (Å²) < 4.78 is 1.27. The minimum absolute atomic E-state index is 0.160. The normalized spacial score (nSPS) is 12.7. The summed E-state index contributed by atoms with van der Waals surface area (Å²) in [6.45, 7) is 3.52. The molecule has 0 aliphatic carbocycles. The minimum atomic E-state index is -1.06. The fraction of sp³-hybridized carbons (Fsp3) is 0.333. The highest BCUT2D eigenvalue weighted by Gasteiger charge is 2.32. The molecule has 1 atom stereocenters. The molecule has 122 valence electrons. The first-order chi connectivity index (χ1) is 10.8. The summed E-state index contributed by atoms with van der Waals surface area (Å²) in [6, 6.07) is 9.09. The van der Waals surface area contributed by atoms with E-state index in [1.54, 1.807) is 13.8 Å². The molecule has 0 spiro atoms. The van der Waals surface area contributed by atoms with Crippen LogP contribution < -0.4 is 11.1 Å². The molecule has 0 aliphatic heterocycles. The van der Waals surface area contributed by atoms with Crippen molar-refractivity contribution in [3.05, 3.63) is 58.4 Å². The van der Waals surface area contributed by atoms with E-state index in [2.05, 4.69) is 10.4 Å². The average molecular weight is 317 g/mol. The van der Waals surface area contributed by atoms with Gasteiger partial charge in [-0.1, -0.05) is 30.3 Å². The molecule has 8 nitrogen and oxygen atoms in total. The van der Waals surface area contributed by atoms with Crippen LogP contribution in [0.5, 0.6) is 0 Å². The number of nitrogens with zero attached hydrogens (tertiary/aromatic N) is 3. The Morgan fingerprint density at radius 2 is 2.09 bits per heavy atom. The van der Waals surface area contributed by atoms with Crippen molar-refractivity contribution in [1.82, 2.24) is 15.1 Å². The van der Waals surface area contributed by atoms with Crippen LogP contribution >= 0.6 is 0 Å². The van der Waals surface area contributed by atoms with Gasteiger partial charge in [0.05, 0.1) is 4.92 Å². The van der Waals surface area contributed by atoms with Crippen molar-refractivity contribution >= 4 is 11.6 Å². The number of rotatable bonds is 6. The molecule has 0 saturated carbocycles. The van der Waals surface area contributed by atoms with Gasteiger partial charge in [0, 0.05) is 12.6 Å². The molecule has 0 radical (unpaired) electrons. The maximum absolute atomic E-state index is 12.4. The summed E-state index contributed by atoms with van der Waals surface area (Å²) in [5.41, 5.74) is 5.73. The zero-order valence-corrected chi connectivity index (χ0v) is 13.0. The van der Waals surface area contributed by atoms with Crippen molar-refractivity contribution in [1.29, 1.82) is 0 Å². The van der Waals surface area contributed by atoms with E-state index in [1.165, 1.54) is 10.9 Å². The molecule has 0 aliphatic rings. The Morgan fingerprint density at radius 1 is 1.43 bits per heavy atom. The first kappa shape index (κ1) is 16.6. The number of carbonyl (C=O) groups is 1. The van der Waals surface area contributed by atoms with E-state index < -0.39 is 10.5 Å². The number of nitro groups is 1. The van der Waals surface area contributed by atoms with Crippen LogP contribution in [0.15, 0.2) is 42.7 Å². The largest absolute Gasteiger partial charge is 0.352 e. The lowest BCUT2D eigenvalue weighted by atomic mass is 10.0. The molecule has 8 heteroatoms. The van der Waals surface area contributed by atoms with Crippen LogP contribution in [0.1, 0.15) is 25.5 Å². The van der Waals surface area contributed by atoms with Crippen molar-refractivity contribution < 1.29 is 9.72 Å². The van der Waals surface area contributed by atoms with Crippen LogP contribution in [0.4, 0.5) is 5.69 Å². The van der Waals surface area contributed by atoms with Crippen molar-refractivity contribution in [3.63, 3.8) is 0 Å². The number of hydrogen-bond donors (Lipinski definition) is 2. The van der Waals surface area contributed by atoms with Gasteiger partial charge in [-0.3, -0.25) is 19.6 Å². The molecular formula is C15H19N5O3. The van der Waals surface area contributed by atoms with Gasteiger partial charge in [0.1, 0.15) is 17.9 Å². The topological polar surface area (TPSA) is 116 Å². The van der Waals surface area contributed by atoms with Gasteiger partial charge in [-0.05, 0) is 19.4 Å². The smallest absolute Gasteiger partial charge is 0.307 e. The highest BCUT2D eigenvalue weighted by atomic mass is 16.6. The second kappa shape index (κ2) is 6.57. The van der Waals surface area contributed by atoms with Crippen molar-refractivity contribution in [3.8, 4) is 0 Å². The maximum atomic E-state index is 12.4. The maximum Gasteiger partial charge on any atom is 0.307 e. The molecular weight excluding hydrogens is 298 g/mol. The third kappa shape index (κ3) is 3.72. The number of nitrogens with two attached hydrogens (primary N) is 1. The first-order valence-electron chi connectivity index (χ1n) is 7.10. The van der Waals surface area contributed by atoms with Crippen LogP contribution in [0.2, 0.25) is 0 Å². The molecule has 2 aromatic rings. The van der Waals surface area contributed by atoms with Crippen LogP contribution in [-0.2, 0) is 10.3 Å². The van der Waals surface area contributed by atoms with E-state index >= 15 is 0 Å². The van der Waals surface area contributed by atoms with E-state index in [0.717, 1.165) is 11.8 Å². The van der Waals surface area contributed by atoms with Gasteiger partial charge in [-0.15, -0.1) is 0 Å². The quantitative estimate of drug-likeness (QED) is 0.616. The summed E-state index contributed by atoms with van der Waals surface area (Å²) in [5.74, 6) is -0.318. The molecule has 1 aromatic heterocycles. The Hall–Kier alpha value is -2.74. The van der Waals surface area contributed by atoms with Gasteiger partial charge in [-0.2, -0.15) is 5.10 Å². The monoisotopic (exact) mass is 317 g/mol. The molecule has 0 saturated heterocycles. The molecule has 1 unspecified atom stereocenters. The first-order valence-corrected chi connectivity index (χ1v) is 7.10. The fourth-order valence-corrected chi connectivity index (χ4v) is 2.05. The number of benzene rings is 1. The molecule has 1 amide bonds. The lowest BCUT2D eigenvalue weighted by Gasteiger charge is -2.25. The zero-order valence-electron chi connectivity index (χ0n) is 13.0. The predicted molar refractivity (Wildman–Crippen MR) is 84.6 cm³/mol. The van der Waals surface area contributed by atoms with Gasteiger partial charge < -0.3 is 11.1 Å². The number of nitrogens with one attached hydrogen (secondary N) is 1. The lowest BCUT2D eigenvalue weighted by Crippen LogP contribution is -2.46. The van der Waals surface area contributed by atoms with Gasteiger partial charge in [0.15, 0.2) is 0 Å². The SMILES string of the molecule is CC(C)(C(=O)NCC(N)c1ccccc1)n1cc([N+](=O)[O-])cn1. The summed E-state index contributed by atoms with van der Waals surface area (Å²) in [4.78, 5) is 22.5. The molecule has 3 N–H and O–H groups in total. The van der Waals surface area contributed by atoms with Crippen molar-refractivity contribution in [2.75, 3.05) is 6.54 Å². The standard InChI is InChI=1S/C15H19N5O3/c1-15(2,19-10-12(8-18-19)20(22)23)14(21)17-9-13(16)11-6-4-3-5-7-11/h3-8,10,13H,9,16H2,1-2H3,(H,17,21). The van der Waals surface area contributed by atoms with E-state index in [9.17, 15) is 14.9 Å². The molecule has 0 bridgehead atoms. The third-order valence-electron chi connectivity index (χ3n) is 3.62. The zero-order chi connectivity index (χ0) is 17.0. The Bertz CT molecular complexity index is 696. The van der Waals surface area contributed by atoms with Crippen LogP contribution in [0.25, 0.3) is 0 Å². The van der Waals surface area contributed by atoms with E-state index in [4.69, 9.17) is 5.73 Å². The summed E-state index contributed by atoms with van der Waals surface area (Å²) in [7, 11) is 0. The summed E-state index contributed by atoms with van der Waals surface area (Å²) in [6.07, 6.45) is 2.35. The molecule has 0 fully saturated rings. The third-order valence-corrected chi connectivity index (χ3v) is 3.62. The van der Waals surface area contributed by atoms with Gasteiger partial charge in [0.2, 0.25) is 5.91 Å². The van der Waals surface area contributed by atoms with E-state index in [-0.39, 0.29) is 24.2 Å². The Balaban J connectivity index is 2.02. The summed E-state index contributed by atoms with van der Waals surface area (Å²) in [5, 5.41) is 17.4. The van der Waals surface area contributed by atoms with Gasteiger partial charge in [-0.25, -0.2) is 0 Å². The Kier molecular flexibility index (Phi) is 4.75. The minimum Gasteiger partial charge on any atom is -0.352 e. The predicted octanol–water partition coefficient (Wildman–Crippen LogP) is 1.34. The lowest BCUT2D eigenvalue weighted by molar-refractivity contribution is -0.385. The van der Waals surface area contributed by atoms with Crippen LogP contribution in [0, 0.1) is 10.1 Å². The van der Waals surface area contributed by atoms with Crippen LogP contribution in [-0.4, -0.2) is 27.2 Å². The molecule has 23 heavy (non-hydrogen) atoms. The second-order valence-corrected chi connectivity index (χ2v) is 5.69. The fourth-order valence-electron chi connectivity index (χ4n) is 2.05. The van der Waals surface area contributed by atoms with E-state index in [1.807, 2.05) is 30.3 Å². The highest BCUT2D eigenvalue weighted by Crippen LogP contribution is 2.19. The van der Waals surface area contributed by atoms with Gasteiger partial charge in [0.25, 0.3) is 0 Å².